The van der Waals surface area contributed by atoms with Crippen LogP contribution in [0.3, 0.4) is 0 Å². The third-order valence-corrected chi connectivity index (χ3v) is 4.32. The number of hydrogen-bond donors (Lipinski definition) is 0. The van der Waals surface area contributed by atoms with Gasteiger partial charge in [0.25, 0.3) is 0 Å². The molecule has 0 spiro atoms. The van der Waals surface area contributed by atoms with E-state index < -0.39 is 0 Å². The zero-order chi connectivity index (χ0) is 14.8. The average Bonchev–Trinajstić information content (AvgIpc) is 2.85. The van der Waals surface area contributed by atoms with Gasteiger partial charge in [-0.1, -0.05) is 12.1 Å². The Labute approximate surface area is 142 Å². The number of imidazole rings is 1. The van der Waals surface area contributed by atoms with Crippen molar-refractivity contribution in [3.63, 3.8) is 0 Å². The monoisotopic (exact) mass is 412 g/mol. The first-order valence-electron chi connectivity index (χ1n) is 6.55. The lowest BCUT2D eigenvalue weighted by Gasteiger charge is -2.09. The highest BCUT2D eigenvalue weighted by Crippen LogP contribution is 2.22. The minimum atomic E-state index is 0.404. The number of fused-ring (bicyclic) bond motifs is 1. The van der Waals surface area contributed by atoms with Crippen LogP contribution in [0.2, 0.25) is 0 Å². The third kappa shape index (κ3) is 3.01. The molecule has 1 heterocycles. The number of aromatic nitrogens is 2. The maximum absolute atomic E-state index is 6.05. The fourth-order valence-electron chi connectivity index (χ4n) is 2.34. The molecule has 3 nitrogen and oxygen atoms in total. The maximum atomic E-state index is 6.05. The van der Waals surface area contributed by atoms with Crippen molar-refractivity contribution in [2.24, 2.45) is 0 Å². The molecule has 5 heteroatoms. The van der Waals surface area contributed by atoms with Crippen LogP contribution in [-0.4, -0.2) is 16.7 Å². The van der Waals surface area contributed by atoms with E-state index in [-0.39, 0.29) is 0 Å². The lowest BCUT2D eigenvalue weighted by molar-refractivity contribution is 0.414. The standard InChI is InChI=1S/C16H14ClIN2O/c1-21-13-5-2-11(3-6-13)10-20-15-7-4-12(18)8-14(15)19-16(20)9-17/h2-8H,9-10H2,1H3. The van der Waals surface area contributed by atoms with E-state index in [1.165, 1.54) is 9.13 Å². The van der Waals surface area contributed by atoms with E-state index in [4.69, 9.17) is 16.3 Å². The quantitative estimate of drug-likeness (QED) is 0.468. The molecule has 108 valence electrons. The predicted molar refractivity (Wildman–Crippen MR) is 94.1 cm³/mol. The number of ether oxygens (including phenoxy) is 1. The van der Waals surface area contributed by atoms with Gasteiger partial charge in [-0.2, -0.15) is 0 Å². The zero-order valence-electron chi connectivity index (χ0n) is 11.5. The van der Waals surface area contributed by atoms with Crippen molar-refractivity contribution in [3.05, 3.63) is 57.4 Å². The Morgan fingerprint density at radius 2 is 1.95 bits per heavy atom. The number of benzene rings is 2. The highest BCUT2D eigenvalue weighted by Gasteiger charge is 2.10. The van der Waals surface area contributed by atoms with Crippen LogP contribution in [0.1, 0.15) is 11.4 Å². The summed E-state index contributed by atoms with van der Waals surface area (Å²) >= 11 is 8.35. The lowest BCUT2D eigenvalue weighted by atomic mass is 10.2. The average molecular weight is 413 g/mol. The molecule has 2 aromatic carbocycles. The molecule has 0 aliphatic carbocycles. The minimum Gasteiger partial charge on any atom is -0.497 e. The van der Waals surface area contributed by atoms with Crippen molar-refractivity contribution in [2.45, 2.75) is 12.4 Å². The summed E-state index contributed by atoms with van der Waals surface area (Å²) in [6.07, 6.45) is 0. The van der Waals surface area contributed by atoms with Crippen LogP contribution >= 0.6 is 34.2 Å². The zero-order valence-corrected chi connectivity index (χ0v) is 14.4. The van der Waals surface area contributed by atoms with Gasteiger partial charge in [0.15, 0.2) is 0 Å². The van der Waals surface area contributed by atoms with Crippen molar-refractivity contribution in [1.29, 1.82) is 0 Å². The number of methoxy groups -OCH3 is 1. The predicted octanol–water partition coefficient (Wildman–Crippen LogP) is 4.44. The van der Waals surface area contributed by atoms with E-state index >= 15 is 0 Å². The van der Waals surface area contributed by atoms with Gasteiger partial charge in [-0.25, -0.2) is 4.98 Å². The van der Waals surface area contributed by atoms with E-state index in [2.05, 4.69) is 62.5 Å². The molecule has 21 heavy (non-hydrogen) atoms. The molecular formula is C16H14ClIN2O. The van der Waals surface area contributed by atoms with Crippen LogP contribution in [0.25, 0.3) is 11.0 Å². The second-order valence-corrected chi connectivity index (χ2v) is 6.24. The number of nitrogens with zero attached hydrogens (tertiary/aromatic N) is 2. The van der Waals surface area contributed by atoms with Gasteiger partial charge in [0.2, 0.25) is 0 Å². The molecule has 0 saturated heterocycles. The van der Waals surface area contributed by atoms with E-state index in [0.717, 1.165) is 29.2 Å². The molecule has 1 aromatic heterocycles. The number of rotatable bonds is 4. The molecule has 0 atom stereocenters. The molecule has 0 saturated carbocycles. The summed E-state index contributed by atoms with van der Waals surface area (Å²) in [6, 6.07) is 14.3. The Hall–Kier alpha value is -1.27. The van der Waals surface area contributed by atoms with Crippen LogP contribution in [0.5, 0.6) is 5.75 Å². The fourth-order valence-corrected chi connectivity index (χ4v) is 3.02. The van der Waals surface area contributed by atoms with Gasteiger partial charge in [0, 0.05) is 10.1 Å². The molecule has 0 aliphatic rings. The second-order valence-electron chi connectivity index (χ2n) is 4.73. The van der Waals surface area contributed by atoms with Gasteiger partial charge >= 0.3 is 0 Å². The Kier molecular flexibility index (Phi) is 4.35. The molecule has 0 N–H and O–H groups in total. The van der Waals surface area contributed by atoms with Gasteiger partial charge < -0.3 is 9.30 Å². The Morgan fingerprint density at radius 1 is 1.19 bits per heavy atom. The Bertz CT molecular complexity index is 768. The second kappa shape index (κ2) is 6.23. The van der Waals surface area contributed by atoms with Crippen LogP contribution in [0, 0.1) is 3.57 Å². The molecule has 3 aromatic rings. The molecular weight excluding hydrogens is 399 g/mol. The van der Waals surface area contributed by atoms with Gasteiger partial charge in [-0.05, 0) is 58.5 Å². The Morgan fingerprint density at radius 3 is 2.62 bits per heavy atom. The minimum absolute atomic E-state index is 0.404. The SMILES string of the molecule is COc1ccc(Cn2c(CCl)nc3cc(I)ccc32)cc1. The van der Waals surface area contributed by atoms with E-state index in [1.807, 2.05) is 12.1 Å². The number of hydrogen-bond acceptors (Lipinski definition) is 2. The van der Waals surface area contributed by atoms with E-state index in [0.29, 0.717) is 5.88 Å². The number of alkyl halides is 1. The molecule has 0 fully saturated rings. The van der Waals surface area contributed by atoms with E-state index in [9.17, 15) is 0 Å². The summed E-state index contributed by atoms with van der Waals surface area (Å²) in [5.74, 6) is 2.16. The van der Waals surface area contributed by atoms with Crippen molar-refractivity contribution in [3.8, 4) is 5.75 Å². The van der Waals surface area contributed by atoms with Crippen molar-refractivity contribution >= 4 is 45.2 Å². The van der Waals surface area contributed by atoms with Crippen LogP contribution < -0.4 is 4.74 Å². The summed E-state index contributed by atoms with van der Waals surface area (Å²) in [5.41, 5.74) is 3.30. The van der Waals surface area contributed by atoms with Crippen LogP contribution in [0.4, 0.5) is 0 Å². The first-order chi connectivity index (χ1) is 10.2. The van der Waals surface area contributed by atoms with Crippen LogP contribution in [0.15, 0.2) is 42.5 Å². The van der Waals surface area contributed by atoms with Gasteiger partial charge in [-0.3, -0.25) is 0 Å². The summed E-state index contributed by atoms with van der Waals surface area (Å²) in [4.78, 5) is 4.62. The fraction of sp³-hybridized carbons (Fsp3) is 0.188. The smallest absolute Gasteiger partial charge is 0.125 e. The summed E-state index contributed by atoms with van der Waals surface area (Å²) in [5, 5.41) is 0. The summed E-state index contributed by atoms with van der Waals surface area (Å²) in [7, 11) is 1.67. The van der Waals surface area contributed by atoms with Gasteiger partial charge in [0.1, 0.15) is 11.6 Å². The highest BCUT2D eigenvalue weighted by atomic mass is 127. The Balaban J connectivity index is 2.01. The highest BCUT2D eigenvalue weighted by molar-refractivity contribution is 14.1. The first-order valence-corrected chi connectivity index (χ1v) is 8.16. The molecule has 0 bridgehead atoms. The topological polar surface area (TPSA) is 27.1 Å². The lowest BCUT2D eigenvalue weighted by Crippen LogP contribution is -2.03. The van der Waals surface area contributed by atoms with Gasteiger partial charge in [-0.15, -0.1) is 11.6 Å². The van der Waals surface area contributed by atoms with Crippen molar-refractivity contribution in [2.75, 3.05) is 7.11 Å². The summed E-state index contributed by atoms with van der Waals surface area (Å²) in [6.45, 7) is 0.753. The third-order valence-electron chi connectivity index (χ3n) is 3.41. The normalized spacial score (nSPS) is 11.0. The maximum Gasteiger partial charge on any atom is 0.125 e. The van der Waals surface area contributed by atoms with Crippen molar-refractivity contribution in [1.82, 2.24) is 9.55 Å². The number of halogens is 2. The molecule has 0 radical (unpaired) electrons. The van der Waals surface area contributed by atoms with Crippen LogP contribution in [-0.2, 0) is 12.4 Å². The molecule has 0 aliphatic heterocycles. The molecule has 0 unspecified atom stereocenters. The van der Waals surface area contributed by atoms with E-state index in [1.54, 1.807) is 7.11 Å². The van der Waals surface area contributed by atoms with Gasteiger partial charge in [0.05, 0.1) is 24.0 Å². The molecule has 3 rings (SSSR count). The molecule has 0 amide bonds. The van der Waals surface area contributed by atoms with Crippen molar-refractivity contribution < 1.29 is 4.74 Å². The largest absolute Gasteiger partial charge is 0.497 e. The first kappa shape index (κ1) is 14.7. The summed E-state index contributed by atoms with van der Waals surface area (Å²) < 4.78 is 8.53.